The van der Waals surface area contributed by atoms with E-state index in [-0.39, 0.29) is 0 Å². The highest BCUT2D eigenvalue weighted by Gasteiger charge is 2.15. The van der Waals surface area contributed by atoms with Crippen LogP contribution in [0, 0.1) is 0 Å². The summed E-state index contributed by atoms with van der Waals surface area (Å²) in [4.78, 5) is 0. The van der Waals surface area contributed by atoms with E-state index in [1.165, 1.54) is 0 Å². The molecule has 0 fully saturated rings. The number of aromatic hydroxyl groups is 1. The molecule has 4 heteroatoms. The largest absolute Gasteiger partial charge is 0.508 e. The van der Waals surface area contributed by atoms with Crippen LogP contribution in [0.15, 0.2) is 36.4 Å². The Morgan fingerprint density at radius 3 is 2.81 bits per heavy atom. The van der Waals surface area contributed by atoms with Gasteiger partial charge in [0.2, 0.25) is 0 Å². The van der Waals surface area contributed by atoms with Gasteiger partial charge in [-0.15, -0.1) is 0 Å². The van der Waals surface area contributed by atoms with Crippen molar-refractivity contribution < 1.29 is 14.6 Å². The van der Waals surface area contributed by atoms with Crippen LogP contribution in [0.1, 0.15) is 17.5 Å². The van der Waals surface area contributed by atoms with Gasteiger partial charge in [0.15, 0.2) is 0 Å². The lowest BCUT2D eigenvalue weighted by Crippen LogP contribution is -1.99. The van der Waals surface area contributed by atoms with Crippen molar-refractivity contribution in [2.45, 2.75) is 19.3 Å². The zero-order valence-corrected chi connectivity index (χ0v) is 12.4. The molecule has 1 aliphatic heterocycles. The van der Waals surface area contributed by atoms with Crippen molar-refractivity contribution in [2.75, 3.05) is 13.2 Å². The molecule has 0 aliphatic carbocycles. The van der Waals surface area contributed by atoms with E-state index in [1.54, 1.807) is 12.1 Å². The quantitative estimate of drug-likeness (QED) is 0.849. The van der Waals surface area contributed by atoms with Crippen LogP contribution in [0.25, 0.3) is 0 Å². The zero-order chi connectivity index (χ0) is 14.7. The van der Waals surface area contributed by atoms with E-state index in [0.717, 1.165) is 41.9 Å². The normalized spacial score (nSPS) is 12.8. The van der Waals surface area contributed by atoms with Gasteiger partial charge in [0.05, 0.1) is 13.2 Å². The Kier molecular flexibility index (Phi) is 4.20. The highest BCUT2D eigenvalue weighted by Crippen LogP contribution is 2.32. The molecule has 0 radical (unpaired) electrons. The van der Waals surface area contributed by atoms with Crippen molar-refractivity contribution in [1.29, 1.82) is 0 Å². The number of fused-ring (bicyclic) bond motifs is 1. The topological polar surface area (TPSA) is 38.7 Å². The summed E-state index contributed by atoms with van der Waals surface area (Å²) < 4.78 is 11.2. The molecule has 1 aliphatic rings. The van der Waals surface area contributed by atoms with E-state index >= 15 is 0 Å². The fourth-order valence-electron chi connectivity index (χ4n) is 2.44. The first-order valence-corrected chi connectivity index (χ1v) is 7.46. The summed E-state index contributed by atoms with van der Waals surface area (Å²) in [6.07, 6.45) is 2.47. The second-order valence-electron chi connectivity index (χ2n) is 5.09. The van der Waals surface area contributed by atoms with Crippen LogP contribution in [-0.2, 0) is 12.8 Å². The van der Waals surface area contributed by atoms with E-state index in [0.29, 0.717) is 24.0 Å². The summed E-state index contributed by atoms with van der Waals surface area (Å²) in [5.74, 6) is 2.06. The summed E-state index contributed by atoms with van der Waals surface area (Å²) in [6.45, 7) is 1.30. The number of benzene rings is 2. The van der Waals surface area contributed by atoms with E-state index in [1.807, 2.05) is 24.3 Å². The Morgan fingerprint density at radius 1 is 1.19 bits per heavy atom. The number of ether oxygens (including phenoxy) is 2. The minimum Gasteiger partial charge on any atom is -0.508 e. The van der Waals surface area contributed by atoms with Crippen LogP contribution < -0.4 is 9.47 Å². The van der Waals surface area contributed by atoms with E-state index in [4.69, 9.17) is 21.1 Å². The number of phenolic OH excluding ortho intramolecular Hbond substituents is 1. The highest BCUT2D eigenvalue weighted by atomic mass is 35.5. The fourth-order valence-corrected chi connectivity index (χ4v) is 2.56. The Bertz CT molecular complexity index is 623. The molecule has 0 saturated carbocycles. The molecule has 1 N–H and O–H groups in total. The second-order valence-corrected chi connectivity index (χ2v) is 5.53. The average molecular weight is 305 g/mol. The lowest BCUT2D eigenvalue weighted by molar-refractivity contribution is 0.310. The number of halogens is 1. The molecule has 0 aromatic heterocycles. The number of hydrogen-bond acceptors (Lipinski definition) is 3. The van der Waals surface area contributed by atoms with Crippen molar-refractivity contribution in [3.05, 3.63) is 52.5 Å². The predicted molar refractivity (Wildman–Crippen MR) is 82.6 cm³/mol. The Labute approximate surface area is 129 Å². The van der Waals surface area contributed by atoms with Crippen molar-refractivity contribution >= 4 is 11.6 Å². The Balaban J connectivity index is 1.52. The predicted octanol–water partition coefficient (Wildman–Crippen LogP) is 3.99. The second kappa shape index (κ2) is 6.27. The third kappa shape index (κ3) is 3.42. The van der Waals surface area contributed by atoms with Gasteiger partial charge >= 0.3 is 0 Å². The average Bonchev–Trinajstić information content (AvgIpc) is 2.92. The minimum atomic E-state index is 0.353. The van der Waals surface area contributed by atoms with Crippen molar-refractivity contribution in [1.82, 2.24) is 0 Å². The van der Waals surface area contributed by atoms with Gasteiger partial charge in [0.1, 0.15) is 17.2 Å². The first-order valence-electron chi connectivity index (χ1n) is 7.08. The monoisotopic (exact) mass is 304 g/mol. The lowest BCUT2D eigenvalue weighted by Gasteiger charge is -2.09. The molecule has 1 heterocycles. The van der Waals surface area contributed by atoms with Gasteiger partial charge in [-0.2, -0.15) is 0 Å². The molecule has 2 aromatic rings. The van der Waals surface area contributed by atoms with Gasteiger partial charge in [-0.3, -0.25) is 0 Å². The van der Waals surface area contributed by atoms with Gasteiger partial charge in [0, 0.05) is 17.0 Å². The summed E-state index contributed by atoms with van der Waals surface area (Å²) in [7, 11) is 0. The third-order valence-electron chi connectivity index (χ3n) is 3.56. The summed E-state index contributed by atoms with van der Waals surface area (Å²) >= 11 is 5.82. The summed E-state index contributed by atoms with van der Waals surface area (Å²) in [5, 5.41) is 10.7. The first kappa shape index (κ1) is 14.1. The standard InChI is InChI=1S/C17H17ClO3/c18-14-3-5-15(6-4-14)20-8-1-2-12-11-17-13(7-9-21-17)10-16(12)19/h3-6,10-11,19H,1-2,7-9H2. The number of rotatable bonds is 5. The molecule has 3 nitrogen and oxygen atoms in total. The minimum absolute atomic E-state index is 0.353. The third-order valence-corrected chi connectivity index (χ3v) is 3.82. The van der Waals surface area contributed by atoms with Crippen molar-refractivity contribution in [3.63, 3.8) is 0 Å². The van der Waals surface area contributed by atoms with Gasteiger partial charge < -0.3 is 14.6 Å². The van der Waals surface area contributed by atoms with Gasteiger partial charge in [0.25, 0.3) is 0 Å². The maximum absolute atomic E-state index is 10.0. The number of hydrogen-bond donors (Lipinski definition) is 1. The molecular weight excluding hydrogens is 288 g/mol. The van der Waals surface area contributed by atoms with E-state index in [2.05, 4.69) is 0 Å². The molecule has 0 bridgehead atoms. The molecule has 2 aromatic carbocycles. The first-order chi connectivity index (χ1) is 10.2. The van der Waals surface area contributed by atoms with Gasteiger partial charge in [-0.1, -0.05) is 11.6 Å². The molecule has 0 amide bonds. The highest BCUT2D eigenvalue weighted by molar-refractivity contribution is 6.30. The lowest BCUT2D eigenvalue weighted by atomic mass is 10.0. The maximum Gasteiger partial charge on any atom is 0.123 e. The van der Waals surface area contributed by atoms with Crippen LogP contribution in [0.5, 0.6) is 17.2 Å². The fraction of sp³-hybridized carbons (Fsp3) is 0.294. The molecule has 3 rings (SSSR count). The number of aryl methyl sites for hydroxylation is 1. The number of phenols is 1. The van der Waals surface area contributed by atoms with Gasteiger partial charge in [-0.05, 0) is 54.8 Å². The molecule has 0 saturated heterocycles. The Hall–Kier alpha value is -1.87. The van der Waals surface area contributed by atoms with Crippen molar-refractivity contribution in [3.8, 4) is 17.2 Å². The Morgan fingerprint density at radius 2 is 2.00 bits per heavy atom. The molecule has 0 atom stereocenters. The molecule has 0 spiro atoms. The SMILES string of the molecule is Oc1cc2c(cc1CCCOc1ccc(Cl)cc1)OCC2. The van der Waals surface area contributed by atoms with Crippen LogP contribution in [0.4, 0.5) is 0 Å². The molecule has 21 heavy (non-hydrogen) atoms. The van der Waals surface area contributed by atoms with E-state index < -0.39 is 0 Å². The summed E-state index contributed by atoms with van der Waals surface area (Å²) in [5.41, 5.74) is 2.00. The van der Waals surface area contributed by atoms with E-state index in [9.17, 15) is 5.11 Å². The van der Waals surface area contributed by atoms with Crippen LogP contribution in [0.3, 0.4) is 0 Å². The van der Waals surface area contributed by atoms with Crippen molar-refractivity contribution in [2.24, 2.45) is 0 Å². The van der Waals surface area contributed by atoms with Crippen LogP contribution in [0.2, 0.25) is 5.02 Å². The van der Waals surface area contributed by atoms with Crippen LogP contribution in [-0.4, -0.2) is 18.3 Å². The molecular formula is C17H17ClO3. The molecule has 110 valence electrons. The molecule has 0 unspecified atom stereocenters. The zero-order valence-electron chi connectivity index (χ0n) is 11.6. The summed E-state index contributed by atoms with van der Waals surface area (Å²) in [6, 6.07) is 11.1. The maximum atomic E-state index is 10.0. The van der Waals surface area contributed by atoms with Gasteiger partial charge in [-0.25, -0.2) is 0 Å². The van der Waals surface area contributed by atoms with Crippen LogP contribution >= 0.6 is 11.6 Å². The smallest absolute Gasteiger partial charge is 0.123 e.